The van der Waals surface area contributed by atoms with Gasteiger partial charge in [0.25, 0.3) is 0 Å². The molecule has 0 spiro atoms. The Kier molecular flexibility index (Phi) is 6.05. The number of halogens is 1. The Bertz CT molecular complexity index is 867. The van der Waals surface area contributed by atoms with Crippen LogP contribution in [0.15, 0.2) is 52.9 Å². The summed E-state index contributed by atoms with van der Waals surface area (Å²) in [4.78, 5) is 12.9. The third kappa shape index (κ3) is 4.13. The summed E-state index contributed by atoms with van der Waals surface area (Å²) in [5, 5.41) is 4.28. The van der Waals surface area contributed by atoms with Crippen LogP contribution < -0.4 is 5.32 Å². The van der Waals surface area contributed by atoms with Crippen LogP contribution in [0.25, 0.3) is 11.0 Å². The molecule has 0 fully saturated rings. The number of carbonyl (C=O) groups is 1. The summed E-state index contributed by atoms with van der Waals surface area (Å²) in [7, 11) is 0. The van der Waals surface area contributed by atoms with E-state index in [1.165, 1.54) is 43.5 Å². The fourth-order valence-corrected chi connectivity index (χ4v) is 3.06. The van der Waals surface area contributed by atoms with Crippen molar-refractivity contribution in [1.82, 2.24) is 0 Å². The number of hydrogen-bond donors (Lipinski definition) is 1. The molecule has 3 rings (SSSR count). The molecule has 26 heavy (non-hydrogen) atoms. The molecule has 2 aromatic carbocycles. The summed E-state index contributed by atoms with van der Waals surface area (Å²) in [5.41, 5.74) is 1.81. The summed E-state index contributed by atoms with van der Waals surface area (Å²) in [6, 6.07) is 13.2. The van der Waals surface area contributed by atoms with E-state index in [9.17, 15) is 9.18 Å². The van der Waals surface area contributed by atoms with Gasteiger partial charge in [-0.2, -0.15) is 0 Å². The van der Waals surface area contributed by atoms with Gasteiger partial charge in [0.1, 0.15) is 11.4 Å². The number of anilines is 1. The van der Waals surface area contributed by atoms with Crippen LogP contribution >= 0.6 is 0 Å². The lowest BCUT2D eigenvalue weighted by molar-refractivity contribution is 0.101. The minimum absolute atomic E-state index is 0.241. The predicted octanol–water partition coefficient (Wildman–Crippen LogP) is 6.19. The fourth-order valence-electron chi connectivity index (χ4n) is 3.06. The standard InChI is InChI=1S/C22H24FNO2/c1-2-3-4-5-8-15-24-20-18-9-6-7-10-19(18)26-22(20)21(25)16-11-13-17(23)14-12-16/h6-7,9-14,24H,2-5,8,15H2,1H3. The number of ketones is 1. The molecule has 0 unspecified atom stereocenters. The number of para-hydroxylation sites is 1. The Balaban J connectivity index is 1.82. The van der Waals surface area contributed by atoms with E-state index in [2.05, 4.69) is 12.2 Å². The number of nitrogens with one attached hydrogen (secondary N) is 1. The van der Waals surface area contributed by atoms with Crippen LogP contribution in [0.5, 0.6) is 0 Å². The van der Waals surface area contributed by atoms with E-state index in [0.29, 0.717) is 11.1 Å². The molecule has 0 bridgehead atoms. The first-order valence-electron chi connectivity index (χ1n) is 9.26. The number of furan rings is 1. The van der Waals surface area contributed by atoms with Gasteiger partial charge in [-0.1, -0.05) is 44.7 Å². The third-order valence-electron chi connectivity index (χ3n) is 4.49. The molecule has 1 heterocycles. The first kappa shape index (κ1) is 18.2. The number of carbonyl (C=O) groups excluding carboxylic acids is 1. The van der Waals surface area contributed by atoms with E-state index in [0.717, 1.165) is 30.5 Å². The Labute approximate surface area is 153 Å². The van der Waals surface area contributed by atoms with Gasteiger partial charge >= 0.3 is 0 Å². The normalized spacial score (nSPS) is 11.0. The summed E-state index contributed by atoms with van der Waals surface area (Å²) < 4.78 is 19.0. The summed E-state index contributed by atoms with van der Waals surface area (Å²) in [6.07, 6.45) is 5.91. The van der Waals surface area contributed by atoms with Gasteiger partial charge in [-0.3, -0.25) is 4.79 Å². The van der Waals surface area contributed by atoms with E-state index in [1.54, 1.807) is 0 Å². The maximum absolute atomic E-state index is 13.1. The first-order valence-corrected chi connectivity index (χ1v) is 9.26. The largest absolute Gasteiger partial charge is 0.450 e. The molecule has 3 aromatic rings. The van der Waals surface area contributed by atoms with Gasteiger partial charge in [0.2, 0.25) is 5.78 Å². The van der Waals surface area contributed by atoms with E-state index in [1.807, 2.05) is 24.3 Å². The fraction of sp³-hybridized carbons (Fsp3) is 0.318. The average Bonchev–Trinajstić information content (AvgIpc) is 3.03. The Morgan fingerprint density at radius 1 is 1.00 bits per heavy atom. The van der Waals surface area contributed by atoms with Crippen LogP contribution in [0, 0.1) is 5.82 Å². The predicted molar refractivity (Wildman–Crippen MR) is 103 cm³/mol. The van der Waals surface area contributed by atoms with Gasteiger partial charge in [-0.05, 0) is 42.8 Å². The number of benzene rings is 2. The van der Waals surface area contributed by atoms with Gasteiger partial charge in [0, 0.05) is 17.5 Å². The van der Waals surface area contributed by atoms with Gasteiger partial charge < -0.3 is 9.73 Å². The second kappa shape index (κ2) is 8.65. The minimum atomic E-state index is -0.364. The van der Waals surface area contributed by atoms with Gasteiger partial charge in [-0.15, -0.1) is 0 Å². The quantitative estimate of drug-likeness (QED) is 0.369. The average molecular weight is 353 g/mol. The van der Waals surface area contributed by atoms with Crippen molar-refractivity contribution in [1.29, 1.82) is 0 Å². The second-order valence-electron chi connectivity index (χ2n) is 6.48. The topological polar surface area (TPSA) is 42.2 Å². The van der Waals surface area contributed by atoms with Crippen molar-refractivity contribution in [3.05, 3.63) is 65.7 Å². The molecule has 0 aliphatic carbocycles. The molecule has 0 saturated carbocycles. The van der Waals surface area contributed by atoms with Crippen molar-refractivity contribution in [2.45, 2.75) is 39.0 Å². The van der Waals surface area contributed by atoms with E-state index in [-0.39, 0.29) is 17.4 Å². The number of rotatable bonds is 9. The van der Waals surface area contributed by atoms with Crippen molar-refractivity contribution in [3.8, 4) is 0 Å². The highest BCUT2D eigenvalue weighted by Gasteiger charge is 2.21. The lowest BCUT2D eigenvalue weighted by Gasteiger charge is -2.07. The molecular formula is C22H24FNO2. The van der Waals surface area contributed by atoms with E-state index < -0.39 is 0 Å². The van der Waals surface area contributed by atoms with E-state index in [4.69, 9.17) is 4.42 Å². The van der Waals surface area contributed by atoms with Crippen LogP contribution in [-0.4, -0.2) is 12.3 Å². The highest BCUT2D eigenvalue weighted by molar-refractivity contribution is 6.14. The van der Waals surface area contributed by atoms with Crippen LogP contribution in [0.4, 0.5) is 10.1 Å². The Morgan fingerprint density at radius 2 is 1.73 bits per heavy atom. The molecular weight excluding hydrogens is 329 g/mol. The molecule has 0 aliphatic heterocycles. The van der Waals surface area contributed by atoms with Crippen molar-refractivity contribution >= 4 is 22.4 Å². The van der Waals surface area contributed by atoms with Crippen molar-refractivity contribution in [2.24, 2.45) is 0 Å². The third-order valence-corrected chi connectivity index (χ3v) is 4.49. The van der Waals surface area contributed by atoms with Crippen LogP contribution in [0.3, 0.4) is 0 Å². The zero-order chi connectivity index (χ0) is 18.4. The summed E-state index contributed by atoms with van der Waals surface area (Å²) in [6.45, 7) is 2.99. The minimum Gasteiger partial charge on any atom is -0.450 e. The molecule has 3 nitrogen and oxygen atoms in total. The van der Waals surface area contributed by atoms with E-state index >= 15 is 0 Å². The number of fused-ring (bicyclic) bond motifs is 1. The van der Waals surface area contributed by atoms with Gasteiger partial charge in [-0.25, -0.2) is 4.39 Å². The lowest BCUT2D eigenvalue weighted by Crippen LogP contribution is -2.07. The monoisotopic (exact) mass is 353 g/mol. The highest BCUT2D eigenvalue weighted by Crippen LogP contribution is 2.32. The van der Waals surface area contributed by atoms with Crippen molar-refractivity contribution in [3.63, 3.8) is 0 Å². The molecule has 0 aliphatic rings. The van der Waals surface area contributed by atoms with Gasteiger partial charge in [0.05, 0.1) is 5.69 Å². The first-order chi connectivity index (χ1) is 12.7. The molecule has 136 valence electrons. The van der Waals surface area contributed by atoms with Gasteiger partial charge in [0.15, 0.2) is 5.76 Å². The maximum Gasteiger partial charge on any atom is 0.230 e. The SMILES string of the molecule is CCCCCCCNc1c(C(=O)c2ccc(F)cc2)oc2ccccc12. The summed E-state index contributed by atoms with van der Waals surface area (Å²) >= 11 is 0. The number of hydrogen-bond acceptors (Lipinski definition) is 3. The Morgan fingerprint density at radius 3 is 2.50 bits per heavy atom. The van der Waals surface area contributed by atoms with Crippen LogP contribution in [-0.2, 0) is 0 Å². The molecule has 0 atom stereocenters. The lowest BCUT2D eigenvalue weighted by atomic mass is 10.1. The molecule has 0 saturated heterocycles. The molecule has 1 N–H and O–H groups in total. The zero-order valence-electron chi connectivity index (χ0n) is 15.1. The molecule has 1 aromatic heterocycles. The van der Waals surface area contributed by atoms with Crippen molar-refractivity contribution in [2.75, 3.05) is 11.9 Å². The van der Waals surface area contributed by atoms with Crippen molar-refractivity contribution < 1.29 is 13.6 Å². The number of unbranched alkanes of at least 4 members (excludes halogenated alkanes) is 4. The zero-order valence-corrected chi connectivity index (χ0v) is 15.1. The molecule has 0 amide bonds. The van der Waals surface area contributed by atoms with Crippen LogP contribution in [0.2, 0.25) is 0 Å². The molecule has 0 radical (unpaired) electrons. The smallest absolute Gasteiger partial charge is 0.230 e. The Hall–Kier alpha value is -2.62. The second-order valence-corrected chi connectivity index (χ2v) is 6.48. The highest BCUT2D eigenvalue weighted by atomic mass is 19.1. The van der Waals surface area contributed by atoms with Crippen LogP contribution in [0.1, 0.15) is 55.1 Å². The maximum atomic E-state index is 13.1. The summed E-state index contributed by atoms with van der Waals surface area (Å²) in [5.74, 6) is -0.322. The molecule has 4 heteroatoms.